The zero-order valence-corrected chi connectivity index (χ0v) is 10.0. The summed E-state index contributed by atoms with van der Waals surface area (Å²) < 4.78 is 0. The molecule has 3 rings (SSSR count). The number of aryl methyl sites for hydroxylation is 2. The van der Waals surface area contributed by atoms with Gasteiger partial charge in [-0.25, -0.2) is 0 Å². The molecule has 0 unspecified atom stereocenters. The second-order valence-electron chi connectivity index (χ2n) is 5.29. The first-order chi connectivity index (χ1) is 7.92. The highest BCUT2D eigenvalue weighted by Gasteiger charge is 2.15. The lowest BCUT2D eigenvalue weighted by molar-refractivity contribution is 0.172. The molecule has 1 fully saturated rings. The second kappa shape index (κ2) is 4.58. The Morgan fingerprint density at radius 3 is 2.44 bits per heavy atom. The van der Waals surface area contributed by atoms with Gasteiger partial charge in [-0.2, -0.15) is 0 Å². The fourth-order valence-electron chi connectivity index (χ4n) is 2.86. The summed E-state index contributed by atoms with van der Waals surface area (Å²) >= 11 is 0. The van der Waals surface area contributed by atoms with E-state index in [2.05, 4.69) is 23.1 Å². The fraction of sp³-hybridized carbons (Fsp3) is 0.600. The molecule has 86 valence electrons. The fourth-order valence-corrected chi connectivity index (χ4v) is 2.86. The Morgan fingerprint density at radius 2 is 1.69 bits per heavy atom. The highest BCUT2D eigenvalue weighted by atomic mass is 15.2. The summed E-state index contributed by atoms with van der Waals surface area (Å²) in [5, 5.41) is 0. The molecule has 1 aromatic rings. The Labute approximate surface area is 98.5 Å². The van der Waals surface area contributed by atoms with E-state index in [-0.39, 0.29) is 0 Å². The van der Waals surface area contributed by atoms with E-state index in [1.807, 2.05) is 0 Å². The standard InChI is InChI=1S/C15H21N/c1-2-5-14-8-7-13(11-15(14)6-3-1)12-16-9-4-10-16/h7-8,11H,1-6,9-10,12H2. The molecule has 1 nitrogen and oxygen atoms in total. The number of hydrogen-bond acceptors (Lipinski definition) is 1. The van der Waals surface area contributed by atoms with Crippen LogP contribution in [-0.4, -0.2) is 18.0 Å². The number of rotatable bonds is 2. The molecule has 0 aromatic heterocycles. The van der Waals surface area contributed by atoms with Gasteiger partial charge in [-0.1, -0.05) is 24.6 Å². The van der Waals surface area contributed by atoms with Crippen molar-refractivity contribution in [1.29, 1.82) is 0 Å². The smallest absolute Gasteiger partial charge is 0.0233 e. The van der Waals surface area contributed by atoms with Crippen molar-refractivity contribution in [2.75, 3.05) is 13.1 Å². The predicted octanol–water partition coefficient (Wildman–Crippen LogP) is 3.16. The molecule has 0 radical (unpaired) electrons. The molecular formula is C15H21N. The molecule has 1 heterocycles. The van der Waals surface area contributed by atoms with Crippen molar-refractivity contribution in [3.8, 4) is 0 Å². The first-order valence-corrected chi connectivity index (χ1v) is 6.75. The monoisotopic (exact) mass is 215 g/mol. The van der Waals surface area contributed by atoms with Crippen LogP contribution in [0.4, 0.5) is 0 Å². The predicted molar refractivity (Wildman–Crippen MR) is 67.6 cm³/mol. The number of nitrogens with zero attached hydrogens (tertiary/aromatic N) is 1. The molecule has 1 aliphatic carbocycles. The van der Waals surface area contributed by atoms with E-state index in [0.717, 1.165) is 0 Å². The molecular weight excluding hydrogens is 194 g/mol. The van der Waals surface area contributed by atoms with E-state index in [1.165, 1.54) is 63.7 Å². The molecule has 0 atom stereocenters. The molecule has 16 heavy (non-hydrogen) atoms. The van der Waals surface area contributed by atoms with Crippen LogP contribution in [0.15, 0.2) is 18.2 Å². The average molecular weight is 215 g/mol. The van der Waals surface area contributed by atoms with Gasteiger partial charge >= 0.3 is 0 Å². The SMILES string of the molecule is c1cc2c(cc1CN1CCC1)CCCCC2. The maximum atomic E-state index is 2.54. The van der Waals surface area contributed by atoms with E-state index in [4.69, 9.17) is 0 Å². The minimum Gasteiger partial charge on any atom is -0.299 e. The Morgan fingerprint density at radius 1 is 0.875 bits per heavy atom. The molecule has 0 bridgehead atoms. The molecule has 1 saturated heterocycles. The first-order valence-electron chi connectivity index (χ1n) is 6.75. The Hall–Kier alpha value is -0.820. The molecule has 1 heteroatoms. The highest BCUT2D eigenvalue weighted by Crippen LogP contribution is 2.23. The van der Waals surface area contributed by atoms with Gasteiger partial charge in [0.2, 0.25) is 0 Å². The van der Waals surface area contributed by atoms with Gasteiger partial charge in [-0.05, 0) is 61.9 Å². The van der Waals surface area contributed by atoms with Gasteiger partial charge in [0.25, 0.3) is 0 Å². The van der Waals surface area contributed by atoms with Gasteiger partial charge in [-0.15, -0.1) is 0 Å². The first kappa shape index (κ1) is 10.3. The lowest BCUT2D eigenvalue weighted by Crippen LogP contribution is -2.36. The molecule has 0 saturated carbocycles. The zero-order valence-electron chi connectivity index (χ0n) is 10.0. The van der Waals surface area contributed by atoms with Crippen molar-refractivity contribution >= 4 is 0 Å². The van der Waals surface area contributed by atoms with Crippen LogP contribution in [0.5, 0.6) is 0 Å². The van der Waals surface area contributed by atoms with Crippen LogP contribution in [0.1, 0.15) is 42.4 Å². The van der Waals surface area contributed by atoms with Gasteiger partial charge in [0, 0.05) is 6.54 Å². The van der Waals surface area contributed by atoms with E-state index >= 15 is 0 Å². The Bertz CT molecular complexity index is 366. The van der Waals surface area contributed by atoms with E-state index in [0.29, 0.717) is 0 Å². The summed E-state index contributed by atoms with van der Waals surface area (Å²) in [6.07, 6.45) is 8.20. The van der Waals surface area contributed by atoms with Gasteiger partial charge in [0.15, 0.2) is 0 Å². The van der Waals surface area contributed by atoms with Gasteiger partial charge in [0.05, 0.1) is 0 Å². The van der Waals surface area contributed by atoms with Crippen molar-refractivity contribution in [3.63, 3.8) is 0 Å². The normalized spacial score (nSPS) is 21.0. The van der Waals surface area contributed by atoms with Crippen LogP contribution in [0.3, 0.4) is 0 Å². The van der Waals surface area contributed by atoms with Crippen molar-refractivity contribution in [3.05, 3.63) is 34.9 Å². The van der Waals surface area contributed by atoms with E-state index in [9.17, 15) is 0 Å². The summed E-state index contributed by atoms with van der Waals surface area (Å²) in [6.45, 7) is 3.78. The topological polar surface area (TPSA) is 3.24 Å². The number of benzene rings is 1. The molecule has 0 spiro atoms. The maximum Gasteiger partial charge on any atom is 0.0233 e. The van der Waals surface area contributed by atoms with Crippen molar-refractivity contribution < 1.29 is 0 Å². The highest BCUT2D eigenvalue weighted by molar-refractivity contribution is 5.33. The lowest BCUT2D eigenvalue weighted by Gasteiger charge is -2.30. The van der Waals surface area contributed by atoms with Crippen LogP contribution in [0.2, 0.25) is 0 Å². The molecule has 2 aliphatic rings. The summed E-state index contributed by atoms with van der Waals surface area (Å²) in [6, 6.07) is 7.21. The maximum absolute atomic E-state index is 2.54. The van der Waals surface area contributed by atoms with Crippen molar-refractivity contribution in [2.45, 2.75) is 45.1 Å². The summed E-state index contributed by atoms with van der Waals surface area (Å²) in [5.41, 5.74) is 4.78. The number of hydrogen-bond donors (Lipinski definition) is 0. The van der Waals surface area contributed by atoms with E-state index < -0.39 is 0 Å². The van der Waals surface area contributed by atoms with Crippen molar-refractivity contribution in [2.24, 2.45) is 0 Å². The van der Waals surface area contributed by atoms with Crippen LogP contribution in [-0.2, 0) is 19.4 Å². The molecule has 1 aliphatic heterocycles. The minimum atomic E-state index is 1.17. The molecule has 0 N–H and O–H groups in total. The largest absolute Gasteiger partial charge is 0.299 e. The lowest BCUT2D eigenvalue weighted by atomic mass is 9.99. The Kier molecular flexibility index (Phi) is 2.96. The van der Waals surface area contributed by atoms with E-state index in [1.54, 1.807) is 11.1 Å². The number of fused-ring (bicyclic) bond motifs is 1. The zero-order chi connectivity index (χ0) is 10.8. The summed E-state index contributed by atoms with van der Waals surface area (Å²) in [5.74, 6) is 0. The third-order valence-electron chi connectivity index (χ3n) is 4.02. The minimum absolute atomic E-state index is 1.17. The van der Waals surface area contributed by atoms with Crippen LogP contribution < -0.4 is 0 Å². The summed E-state index contributed by atoms with van der Waals surface area (Å²) in [7, 11) is 0. The quantitative estimate of drug-likeness (QED) is 0.685. The van der Waals surface area contributed by atoms with Crippen LogP contribution >= 0.6 is 0 Å². The number of likely N-dealkylation sites (tertiary alicyclic amines) is 1. The van der Waals surface area contributed by atoms with Crippen molar-refractivity contribution in [1.82, 2.24) is 4.90 Å². The van der Waals surface area contributed by atoms with Gasteiger partial charge in [0.1, 0.15) is 0 Å². The Balaban J connectivity index is 1.77. The van der Waals surface area contributed by atoms with Gasteiger partial charge in [-0.3, -0.25) is 4.90 Å². The second-order valence-corrected chi connectivity index (χ2v) is 5.29. The third-order valence-corrected chi connectivity index (χ3v) is 4.02. The third kappa shape index (κ3) is 2.15. The molecule has 0 amide bonds. The summed E-state index contributed by atoms with van der Waals surface area (Å²) in [4.78, 5) is 2.54. The molecule has 1 aromatic carbocycles. The van der Waals surface area contributed by atoms with Crippen LogP contribution in [0, 0.1) is 0 Å². The average Bonchev–Trinajstić information content (AvgIpc) is 2.48. The van der Waals surface area contributed by atoms with Gasteiger partial charge < -0.3 is 0 Å². The van der Waals surface area contributed by atoms with Crippen LogP contribution in [0.25, 0.3) is 0 Å².